The zero-order valence-corrected chi connectivity index (χ0v) is 16.0. The van der Waals surface area contributed by atoms with Crippen LogP contribution in [-0.4, -0.2) is 38.6 Å². The van der Waals surface area contributed by atoms with E-state index < -0.39 is 0 Å². The molecule has 0 spiro atoms. The molecule has 0 aliphatic heterocycles. The second-order valence-corrected chi connectivity index (χ2v) is 6.59. The number of nitrogens with zero attached hydrogens (tertiary/aromatic N) is 4. The van der Waals surface area contributed by atoms with Crippen molar-refractivity contribution in [3.8, 4) is 0 Å². The number of hydrogen-bond donors (Lipinski definition) is 3. The summed E-state index contributed by atoms with van der Waals surface area (Å²) in [7, 11) is 0. The Morgan fingerprint density at radius 3 is 2.59 bits per heavy atom. The lowest BCUT2D eigenvalue weighted by atomic mass is 10.3. The summed E-state index contributed by atoms with van der Waals surface area (Å²) in [6.07, 6.45) is 5.52. The first-order valence-electron chi connectivity index (χ1n) is 9.29. The maximum Gasteiger partial charge on any atom is 0.252 e. The van der Waals surface area contributed by atoms with Crippen LogP contribution in [0, 0.1) is 6.92 Å². The van der Waals surface area contributed by atoms with Gasteiger partial charge in [0.15, 0.2) is 5.82 Å². The number of pyridine rings is 2. The Kier molecular flexibility index (Phi) is 5.33. The van der Waals surface area contributed by atoms with Gasteiger partial charge in [-0.3, -0.25) is 4.79 Å². The van der Waals surface area contributed by atoms with E-state index in [1.807, 2.05) is 72.2 Å². The standard InChI is InChI=1S/C21H21N7O/c1-15-5-6-18(24-13-15)25-20-8-7-19(26-27-20)22-9-10-23-21(29)16-12-17-4-2-3-11-28(17)14-16/h2-8,11-14H,9-10H2,1H3,(H,22,26)(H,23,29)(H,24,25,27). The molecule has 0 atom stereocenters. The fourth-order valence-electron chi connectivity index (χ4n) is 2.81. The van der Waals surface area contributed by atoms with Gasteiger partial charge >= 0.3 is 0 Å². The highest BCUT2D eigenvalue weighted by molar-refractivity contribution is 5.95. The minimum absolute atomic E-state index is 0.105. The molecule has 0 aliphatic rings. The summed E-state index contributed by atoms with van der Waals surface area (Å²) < 4.78 is 1.92. The van der Waals surface area contributed by atoms with Crippen LogP contribution in [-0.2, 0) is 0 Å². The third-order valence-corrected chi connectivity index (χ3v) is 4.32. The van der Waals surface area contributed by atoms with Gasteiger partial charge in [0.2, 0.25) is 0 Å². The Hall–Kier alpha value is -3.94. The molecule has 0 saturated heterocycles. The van der Waals surface area contributed by atoms with Gasteiger partial charge in [-0.05, 0) is 48.9 Å². The monoisotopic (exact) mass is 387 g/mol. The predicted molar refractivity (Wildman–Crippen MR) is 113 cm³/mol. The summed E-state index contributed by atoms with van der Waals surface area (Å²) >= 11 is 0. The highest BCUT2D eigenvalue weighted by atomic mass is 16.1. The van der Waals surface area contributed by atoms with Crippen LogP contribution in [0.25, 0.3) is 5.52 Å². The van der Waals surface area contributed by atoms with E-state index in [4.69, 9.17) is 0 Å². The highest BCUT2D eigenvalue weighted by Crippen LogP contribution is 2.13. The topological polar surface area (TPSA) is 96.2 Å². The predicted octanol–water partition coefficient (Wildman–Crippen LogP) is 3.02. The molecule has 3 N–H and O–H groups in total. The van der Waals surface area contributed by atoms with E-state index in [1.54, 1.807) is 6.20 Å². The number of aromatic nitrogens is 4. The average molecular weight is 387 g/mol. The van der Waals surface area contributed by atoms with Crippen molar-refractivity contribution in [1.29, 1.82) is 0 Å². The van der Waals surface area contributed by atoms with Crippen LogP contribution in [0.15, 0.2) is 67.1 Å². The van der Waals surface area contributed by atoms with Gasteiger partial charge in [-0.1, -0.05) is 12.1 Å². The van der Waals surface area contributed by atoms with Crippen molar-refractivity contribution in [3.05, 3.63) is 78.2 Å². The second-order valence-electron chi connectivity index (χ2n) is 6.59. The molecule has 4 aromatic rings. The Bertz CT molecular complexity index is 1070. The molecular weight excluding hydrogens is 366 g/mol. The van der Waals surface area contributed by atoms with Crippen LogP contribution in [0.3, 0.4) is 0 Å². The lowest BCUT2D eigenvalue weighted by Gasteiger charge is -2.08. The molecule has 0 radical (unpaired) electrons. The van der Waals surface area contributed by atoms with Crippen molar-refractivity contribution in [2.75, 3.05) is 23.7 Å². The zero-order valence-electron chi connectivity index (χ0n) is 16.0. The molecule has 0 aromatic carbocycles. The van der Waals surface area contributed by atoms with Crippen molar-refractivity contribution in [2.45, 2.75) is 6.92 Å². The molecule has 0 bridgehead atoms. The third-order valence-electron chi connectivity index (χ3n) is 4.32. The number of carbonyl (C=O) groups is 1. The minimum Gasteiger partial charge on any atom is -0.367 e. The number of rotatable bonds is 7. The second kappa shape index (κ2) is 8.39. The van der Waals surface area contributed by atoms with Crippen molar-refractivity contribution in [2.24, 2.45) is 0 Å². The number of aryl methyl sites for hydroxylation is 1. The zero-order chi connectivity index (χ0) is 20.1. The van der Waals surface area contributed by atoms with Gasteiger partial charge in [0.05, 0.1) is 5.56 Å². The van der Waals surface area contributed by atoms with E-state index in [9.17, 15) is 4.79 Å². The number of hydrogen-bond acceptors (Lipinski definition) is 6. The van der Waals surface area contributed by atoms with Gasteiger partial charge < -0.3 is 20.4 Å². The van der Waals surface area contributed by atoms with Gasteiger partial charge in [-0.2, -0.15) is 0 Å². The molecule has 8 nitrogen and oxygen atoms in total. The van der Waals surface area contributed by atoms with Gasteiger partial charge in [0.25, 0.3) is 5.91 Å². The third kappa shape index (κ3) is 4.67. The first kappa shape index (κ1) is 18.4. The normalized spacial score (nSPS) is 10.7. The fraction of sp³-hybridized carbons (Fsp3) is 0.143. The summed E-state index contributed by atoms with van der Waals surface area (Å²) in [5.41, 5.74) is 2.72. The van der Waals surface area contributed by atoms with Crippen molar-refractivity contribution in [3.63, 3.8) is 0 Å². The Balaban J connectivity index is 1.24. The first-order chi connectivity index (χ1) is 14.2. The minimum atomic E-state index is -0.105. The van der Waals surface area contributed by atoms with E-state index in [0.717, 1.165) is 11.1 Å². The summed E-state index contributed by atoms with van der Waals surface area (Å²) in [4.78, 5) is 16.5. The van der Waals surface area contributed by atoms with Crippen LogP contribution in [0.5, 0.6) is 0 Å². The van der Waals surface area contributed by atoms with Crippen LogP contribution >= 0.6 is 0 Å². The number of nitrogens with one attached hydrogen (secondary N) is 3. The molecule has 4 heterocycles. The van der Waals surface area contributed by atoms with Crippen molar-refractivity contribution in [1.82, 2.24) is 24.9 Å². The molecule has 0 aliphatic carbocycles. The lowest BCUT2D eigenvalue weighted by Crippen LogP contribution is -2.28. The highest BCUT2D eigenvalue weighted by Gasteiger charge is 2.07. The van der Waals surface area contributed by atoms with Crippen LogP contribution < -0.4 is 16.0 Å². The molecule has 0 unspecified atom stereocenters. The molecule has 146 valence electrons. The van der Waals surface area contributed by atoms with Gasteiger partial charge in [0, 0.05) is 37.2 Å². The van der Waals surface area contributed by atoms with E-state index in [0.29, 0.717) is 36.1 Å². The Labute approximate surface area is 168 Å². The largest absolute Gasteiger partial charge is 0.367 e. The smallest absolute Gasteiger partial charge is 0.252 e. The quantitative estimate of drug-likeness (QED) is 0.422. The molecule has 0 fully saturated rings. The summed E-state index contributed by atoms with van der Waals surface area (Å²) in [6, 6.07) is 15.2. The molecule has 29 heavy (non-hydrogen) atoms. The van der Waals surface area contributed by atoms with Gasteiger partial charge in [0.1, 0.15) is 11.6 Å². The van der Waals surface area contributed by atoms with Crippen LogP contribution in [0.4, 0.5) is 17.5 Å². The number of carbonyl (C=O) groups excluding carboxylic acids is 1. The molecule has 4 rings (SSSR count). The SMILES string of the molecule is Cc1ccc(Nc2ccc(NCCNC(=O)c3cc4ccccn4c3)nn2)nc1. The Morgan fingerprint density at radius 2 is 1.83 bits per heavy atom. The number of amides is 1. The molecule has 0 saturated carbocycles. The fourth-order valence-corrected chi connectivity index (χ4v) is 2.81. The van der Waals surface area contributed by atoms with Gasteiger partial charge in [-0.25, -0.2) is 4.98 Å². The lowest BCUT2D eigenvalue weighted by molar-refractivity contribution is 0.0955. The average Bonchev–Trinajstić information content (AvgIpc) is 3.18. The molecule has 1 amide bonds. The van der Waals surface area contributed by atoms with E-state index in [2.05, 4.69) is 31.1 Å². The molecular formula is C21H21N7O. The van der Waals surface area contributed by atoms with Crippen molar-refractivity contribution < 1.29 is 4.79 Å². The van der Waals surface area contributed by atoms with E-state index in [1.165, 1.54) is 0 Å². The summed E-state index contributed by atoms with van der Waals surface area (Å²) in [5, 5.41) is 17.4. The Morgan fingerprint density at radius 1 is 1.00 bits per heavy atom. The first-order valence-corrected chi connectivity index (χ1v) is 9.29. The molecule has 8 heteroatoms. The van der Waals surface area contributed by atoms with Crippen LogP contribution in [0.2, 0.25) is 0 Å². The van der Waals surface area contributed by atoms with Crippen molar-refractivity contribution >= 4 is 28.9 Å². The summed E-state index contributed by atoms with van der Waals surface area (Å²) in [5.74, 6) is 1.86. The van der Waals surface area contributed by atoms with E-state index in [-0.39, 0.29) is 5.91 Å². The van der Waals surface area contributed by atoms with E-state index >= 15 is 0 Å². The summed E-state index contributed by atoms with van der Waals surface area (Å²) in [6.45, 7) is 3.00. The number of fused-ring (bicyclic) bond motifs is 1. The molecule has 4 aromatic heterocycles. The maximum absolute atomic E-state index is 12.3. The van der Waals surface area contributed by atoms with Crippen LogP contribution in [0.1, 0.15) is 15.9 Å². The van der Waals surface area contributed by atoms with Gasteiger partial charge in [-0.15, -0.1) is 10.2 Å². The number of anilines is 3. The maximum atomic E-state index is 12.3.